The van der Waals surface area contributed by atoms with Crippen LogP contribution in [0.3, 0.4) is 0 Å². The maximum Gasteiger partial charge on any atom is 0.180 e. The van der Waals surface area contributed by atoms with E-state index in [0.29, 0.717) is 31.7 Å². The Labute approximate surface area is 206 Å². The van der Waals surface area contributed by atoms with Gasteiger partial charge in [-0.3, -0.25) is 0 Å². The summed E-state index contributed by atoms with van der Waals surface area (Å²) in [5.74, 6) is 1.74. The van der Waals surface area contributed by atoms with Crippen LogP contribution in [0, 0.1) is 0 Å². The Hall–Kier alpha value is -2.38. The molecule has 2 N–H and O–H groups in total. The first-order valence-electron chi connectivity index (χ1n) is 9.43. The fourth-order valence-electron chi connectivity index (χ4n) is 2.72. The van der Waals surface area contributed by atoms with Crippen LogP contribution in [0.25, 0.3) is 0 Å². The zero-order valence-corrected chi connectivity index (χ0v) is 20.2. The minimum atomic E-state index is 0.185. The molecular formula is C23H20Cl3N3O2S. The highest BCUT2D eigenvalue weighted by atomic mass is 35.5. The van der Waals surface area contributed by atoms with Crippen molar-refractivity contribution < 1.29 is 9.47 Å². The van der Waals surface area contributed by atoms with Crippen LogP contribution in [0.15, 0.2) is 70.9 Å². The number of thioether (sulfide) groups is 1. The average molecular weight is 509 g/mol. The molecule has 166 valence electrons. The monoisotopic (exact) mass is 507 g/mol. The van der Waals surface area contributed by atoms with Crippen molar-refractivity contribution in [1.29, 1.82) is 0 Å². The SMILES string of the molecule is COc1ccc(C=NN=C(N)SCc2ccccc2)cc1COc1c(Cl)cc(Cl)cc1Cl. The molecule has 3 aromatic rings. The van der Waals surface area contributed by atoms with E-state index in [1.807, 2.05) is 48.5 Å². The molecule has 0 heterocycles. The predicted molar refractivity (Wildman–Crippen MR) is 136 cm³/mol. The second kappa shape index (κ2) is 12.0. The van der Waals surface area contributed by atoms with Crippen molar-refractivity contribution in [2.75, 3.05) is 7.11 Å². The number of ether oxygens (including phenoxy) is 2. The Morgan fingerprint density at radius 2 is 1.75 bits per heavy atom. The summed E-state index contributed by atoms with van der Waals surface area (Å²) in [4.78, 5) is 0. The van der Waals surface area contributed by atoms with E-state index in [9.17, 15) is 0 Å². The van der Waals surface area contributed by atoms with Crippen molar-refractivity contribution in [3.8, 4) is 11.5 Å². The first-order valence-corrected chi connectivity index (χ1v) is 11.6. The van der Waals surface area contributed by atoms with Gasteiger partial charge in [-0.25, -0.2) is 0 Å². The van der Waals surface area contributed by atoms with Gasteiger partial charge >= 0.3 is 0 Å². The van der Waals surface area contributed by atoms with Crippen LogP contribution in [0.4, 0.5) is 0 Å². The van der Waals surface area contributed by atoms with Gasteiger partial charge in [-0.15, -0.1) is 5.10 Å². The first-order chi connectivity index (χ1) is 15.5. The molecular weight excluding hydrogens is 489 g/mol. The zero-order chi connectivity index (χ0) is 22.9. The summed E-state index contributed by atoms with van der Waals surface area (Å²) in [7, 11) is 1.59. The minimum absolute atomic E-state index is 0.185. The standard InChI is InChI=1S/C23H20Cl3N3O2S/c1-30-21-8-7-16(12-28-29-23(27)32-14-15-5-3-2-4-6-15)9-17(21)13-31-22-19(25)10-18(24)11-20(22)26/h2-12H,13-14H2,1H3,(H2,27,29). The van der Waals surface area contributed by atoms with Crippen molar-refractivity contribution in [3.05, 3.63) is 92.4 Å². The highest BCUT2D eigenvalue weighted by molar-refractivity contribution is 8.13. The Bertz CT molecular complexity index is 1100. The molecule has 0 aliphatic heterocycles. The number of hydrogen-bond donors (Lipinski definition) is 1. The summed E-state index contributed by atoms with van der Waals surface area (Å²) in [6.45, 7) is 0.185. The smallest absolute Gasteiger partial charge is 0.180 e. The zero-order valence-electron chi connectivity index (χ0n) is 17.1. The summed E-state index contributed by atoms with van der Waals surface area (Å²) in [6.07, 6.45) is 1.61. The van der Waals surface area contributed by atoms with Crippen molar-refractivity contribution in [1.82, 2.24) is 0 Å². The molecule has 0 saturated heterocycles. The Balaban J connectivity index is 1.66. The normalized spacial score (nSPS) is 11.7. The van der Waals surface area contributed by atoms with E-state index in [0.717, 1.165) is 16.9 Å². The lowest BCUT2D eigenvalue weighted by molar-refractivity contribution is 0.297. The van der Waals surface area contributed by atoms with Gasteiger partial charge in [0.25, 0.3) is 0 Å². The number of nitrogens with two attached hydrogens (primary N) is 1. The third-order valence-corrected chi connectivity index (χ3v) is 5.87. The molecule has 5 nitrogen and oxygen atoms in total. The average Bonchev–Trinajstić information content (AvgIpc) is 2.78. The number of hydrogen-bond acceptors (Lipinski definition) is 5. The molecule has 0 unspecified atom stereocenters. The van der Waals surface area contributed by atoms with Gasteiger partial charge in [0.05, 0.1) is 23.4 Å². The quantitative estimate of drug-likeness (QED) is 0.206. The highest BCUT2D eigenvalue weighted by Gasteiger charge is 2.11. The van der Waals surface area contributed by atoms with E-state index in [4.69, 9.17) is 50.0 Å². The molecule has 0 bridgehead atoms. The summed E-state index contributed by atoms with van der Waals surface area (Å²) < 4.78 is 11.2. The second-order valence-corrected chi connectivity index (χ2v) is 8.76. The van der Waals surface area contributed by atoms with E-state index in [1.165, 1.54) is 17.3 Å². The lowest BCUT2D eigenvalue weighted by atomic mass is 10.1. The van der Waals surface area contributed by atoms with E-state index in [-0.39, 0.29) is 6.61 Å². The number of halogens is 3. The fraction of sp³-hybridized carbons (Fsp3) is 0.130. The third-order valence-electron chi connectivity index (χ3n) is 4.23. The van der Waals surface area contributed by atoms with Gasteiger partial charge in [0.15, 0.2) is 10.9 Å². The fourth-order valence-corrected chi connectivity index (χ4v) is 4.26. The van der Waals surface area contributed by atoms with Gasteiger partial charge in [-0.2, -0.15) is 5.10 Å². The number of amidine groups is 1. The van der Waals surface area contributed by atoms with E-state index in [1.54, 1.807) is 25.5 Å². The third kappa shape index (κ3) is 7.07. The van der Waals surface area contributed by atoms with E-state index < -0.39 is 0 Å². The maximum atomic E-state index is 6.19. The Kier molecular flexibility index (Phi) is 9.11. The van der Waals surface area contributed by atoms with Crippen LogP contribution in [-0.2, 0) is 12.4 Å². The van der Waals surface area contributed by atoms with Crippen molar-refractivity contribution in [2.24, 2.45) is 15.9 Å². The van der Waals surface area contributed by atoms with Gasteiger partial charge in [0.2, 0.25) is 0 Å². The molecule has 3 aromatic carbocycles. The molecule has 0 saturated carbocycles. The molecule has 0 aromatic heterocycles. The Morgan fingerprint density at radius 1 is 1.03 bits per heavy atom. The lowest BCUT2D eigenvalue weighted by Crippen LogP contribution is -2.06. The van der Waals surface area contributed by atoms with Crippen molar-refractivity contribution in [3.63, 3.8) is 0 Å². The van der Waals surface area contributed by atoms with E-state index in [2.05, 4.69) is 10.2 Å². The predicted octanol–water partition coefficient (Wildman–Crippen LogP) is 6.82. The van der Waals surface area contributed by atoms with Gasteiger partial charge in [-0.1, -0.05) is 76.9 Å². The molecule has 0 spiro atoms. The molecule has 0 aliphatic carbocycles. The van der Waals surface area contributed by atoms with Crippen molar-refractivity contribution in [2.45, 2.75) is 12.4 Å². The number of nitrogens with zero attached hydrogens (tertiary/aromatic N) is 2. The van der Waals surface area contributed by atoms with Gasteiger partial charge in [-0.05, 0) is 41.5 Å². The summed E-state index contributed by atoms with van der Waals surface area (Å²) in [6, 6.07) is 18.7. The maximum absolute atomic E-state index is 6.19. The highest BCUT2D eigenvalue weighted by Crippen LogP contribution is 2.36. The second-order valence-electron chi connectivity index (χ2n) is 6.52. The minimum Gasteiger partial charge on any atom is -0.496 e. The van der Waals surface area contributed by atoms with Crippen LogP contribution in [-0.4, -0.2) is 18.5 Å². The van der Waals surface area contributed by atoms with Crippen LogP contribution in [0.5, 0.6) is 11.5 Å². The molecule has 32 heavy (non-hydrogen) atoms. The number of benzene rings is 3. The van der Waals surface area contributed by atoms with Gasteiger partial charge in [0.1, 0.15) is 12.4 Å². The summed E-state index contributed by atoms with van der Waals surface area (Å²) >= 11 is 19.8. The first kappa shape index (κ1) is 24.3. The van der Waals surface area contributed by atoms with Crippen LogP contribution in [0.2, 0.25) is 15.1 Å². The lowest BCUT2D eigenvalue weighted by Gasteiger charge is -2.13. The van der Waals surface area contributed by atoms with Gasteiger partial charge < -0.3 is 15.2 Å². The summed E-state index contributed by atoms with van der Waals surface area (Å²) in [5, 5.41) is 9.61. The Morgan fingerprint density at radius 3 is 2.44 bits per heavy atom. The molecule has 9 heteroatoms. The van der Waals surface area contributed by atoms with E-state index >= 15 is 0 Å². The summed E-state index contributed by atoms with van der Waals surface area (Å²) in [5.41, 5.74) is 8.70. The van der Waals surface area contributed by atoms with Gasteiger partial charge in [0, 0.05) is 16.3 Å². The molecule has 0 atom stereocenters. The number of methoxy groups -OCH3 is 1. The molecule has 0 radical (unpaired) electrons. The van der Waals surface area contributed by atoms with Crippen LogP contribution >= 0.6 is 46.6 Å². The molecule has 0 amide bonds. The molecule has 0 fully saturated rings. The molecule has 0 aliphatic rings. The largest absolute Gasteiger partial charge is 0.496 e. The van der Waals surface area contributed by atoms with Crippen LogP contribution < -0.4 is 15.2 Å². The number of rotatable bonds is 8. The van der Waals surface area contributed by atoms with Crippen molar-refractivity contribution >= 4 is 57.9 Å². The van der Waals surface area contributed by atoms with Crippen LogP contribution in [0.1, 0.15) is 16.7 Å². The molecule has 3 rings (SSSR count). The topological polar surface area (TPSA) is 69.2 Å².